The average molecular weight is 377 g/mol. The molecule has 0 radical (unpaired) electrons. The van der Waals surface area contributed by atoms with Crippen LogP contribution in [0.4, 0.5) is 0 Å². The maximum Gasteiger partial charge on any atom is 0.340 e. The third kappa shape index (κ3) is 3.54. The summed E-state index contributed by atoms with van der Waals surface area (Å²) in [4.78, 5) is 20.0. The largest absolute Gasteiger partial charge is 0.480 e. The lowest BCUT2D eigenvalue weighted by atomic mass is 9.99. The quantitative estimate of drug-likeness (QED) is 0.694. The monoisotopic (exact) mass is 377 g/mol. The van der Waals surface area contributed by atoms with E-state index in [1.807, 2.05) is 24.3 Å². The van der Waals surface area contributed by atoms with Gasteiger partial charge in [0.2, 0.25) is 11.8 Å². The minimum atomic E-state index is -1.16. The van der Waals surface area contributed by atoms with Crippen LogP contribution >= 0.6 is 0 Å². The Morgan fingerprint density at radius 2 is 1.64 bits per heavy atom. The highest BCUT2D eigenvalue weighted by molar-refractivity contribution is 5.99. The molecule has 8 nitrogen and oxygen atoms in total. The second kappa shape index (κ2) is 8.05. The SMILES string of the molecule is COc1nc(Oc2cccc(-c3ccccc3)c2C(=O)O)nc(OC)c1C#N. The second-order valence-electron chi connectivity index (χ2n) is 5.46. The van der Waals surface area contributed by atoms with Crippen LogP contribution in [0.5, 0.6) is 23.5 Å². The highest BCUT2D eigenvalue weighted by atomic mass is 16.5. The van der Waals surface area contributed by atoms with E-state index in [-0.39, 0.29) is 34.6 Å². The fourth-order valence-electron chi connectivity index (χ4n) is 2.63. The highest BCUT2D eigenvalue weighted by Crippen LogP contribution is 2.34. The van der Waals surface area contributed by atoms with Crippen LogP contribution in [0.15, 0.2) is 48.5 Å². The molecule has 1 heterocycles. The number of aromatic carboxylic acids is 1. The molecule has 0 saturated heterocycles. The van der Waals surface area contributed by atoms with Crippen LogP contribution in [0.2, 0.25) is 0 Å². The Morgan fingerprint density at radius 3 is 2.18 bits per heavy atom. The molecule has 8 heteroatoms. The maximum absolute atomic E-state index is 11.9. The first-order valence-corrected chi connectivity index (χ1v) is 8.08. The Morgan fingerprint density at radius 1 is 1.00 bits per heavy atom. The van der Waals surface area contributed by atoms with Crippen molar-refractivity contribution in [2.24, 2.45) is 0 Å². The van der Waals surface area contributed by atoms with E-state index in [4.69, 9.17) is 14.2 Å². The van der Waals surface area contributed by atoms with Gasteiger partial charge in [-0.05, 0) is 17.2 Å². The molecule has 2 aromatic carbocycles. The molecule has 3 rings (SSSR count). The number of nitrogens with zero attached hydrogens (tertiary/aromatic N) is 3. The molecule has 0 aliphatic carbocycles. The van der Waals surface area contributed by atoms with Crippen molar-refractivity contribution in [2.45, 2.75) is 0 Å². The van der Waals surface area contributed by atoms with Crippen LogP contribution in [0, 0.1) is 11.3 Å². The van der Waals surface area contributed by atoms with Crippen LogP contribution in [0.1, 0.15) is 15.9 Å². The number of hydrogen-bond acceptors (Lipinski definition) is 7. The van der Waals surface area contributed by atoms with E-state index in [1.54, 1.807) is 24.3 Å². The topological polar surface area (TPSA) is 115 Å². The third-order valence-electron chi connectivity index (χ3n) is 3.85. The van der Waals surface area contributed by atoms with Gasteiger partial charge in [-0.25, -0.2) is 4.79 Å². The molecule has 1 aromatic heterocycles. The molecular weight excluding hydrogens is 362 g/mol. The second-order valence-corrected chi connectivity index (χ2v) is 5.46. The molecule has 1 N–H and O–H groups in total. The molecule has 0 bridgehead atoms. The molecule has 0 amide bonds. The first kappa shape index (κ1) is 18.7. The molecule has 0 saturated carbocycles. The molecule has 0 aliphatic heterocycles. The van der Waals surface area contributed by atoms with E-state index >= 15 is 0 Å². The van der Waals surface area contributed by atoms with Crippen molar-refractivity contribution in [1.29, 1.82) is 5.26 Å². The fraction of sp³-hybridized carbons (Fsp3) is 0.100. The number of methoxy groups -OCH3 is 2. The van der Waals surface area contributed by atoms with E-state index in [0.717, 1.165) is 5.56 Å². The summed E-state index contributed by atoms with van der Waals surface area (Å²) >= 11 is 0. The van der Waals surface area contributed by atoms with Crippen molar-refractivity contribution in [3.63, 3.8) is 0 Å². The molecule has 0 atom stereocenters. The Kier molecular flexibility index (Phi) is 5.37. The number of rotatable bonds is 6. The zero-order valence-electron chi connectivity index (χ0n) is 15.0. The molecule has 3 aromatic rings. The van der Waals surface area contributed by atoms with Crippen LogP contribution in [-0.2, 0) is 0 Å². The van der Waals surface area contributed by atoms with E-state index in [0.29, 0.717) is 5.56 Å². The van der Waals surface area contributed by atoms with Gasteiger partial charge in [0.15, 0.2) is 5.56 Å². The van der Waals surface area contributed by atoms with Gasteiger partial charge in [0.05, 0.1) is 14.2 Å². The van der Waals surface area contributed by atoms with E-state index in [9.17, 15) is 15.2 Å². The fourth-order valence-corrected chi connectivity index (χ4v) is 2.63. The van der Waals surface area contributed by atoms with E-state index in [1.165, 1.54) is 20.3 Å². The number of benzene rings is 2. The number of carboxylic acid groups (broad SMARTS) is 1. The lowest BCUT2D eigenvalue weighted by Gasteiger charge is -2.13. The summed E-state index contributed by atoms with van der Waals surface area (Å²) in [5.74, 6) is -1.20. The van der Waals surface area contributed by atoms with Crippen molar-refractivity contribution in [3.8, 4) is 40.7 Å². The number of nitriles is 1. The minimum Gasteiger partial charge on any atom is -0.480 e. The molecule has 0 spiro atoms. The van der Waals surface area contributed by atoms with Crippen LogP contribution in [0.25, 0.3) is 11.1 Å². The standard InChI is InChI=1S/C20H15N3O5/c1-26-17-14(11-21)18(27-2)23-20(22-17)28-15-10-6-9-13(16(15)19(24)25)12-7-4-3-5-8-12/h3-10H,1-2H3,(H,24,25). The van der Waals surface area contributed by atoms with Crippen LogP contribution in [-0.4, -0.2) is 35.3 Å². The molecule has 0 fully saturated rings. The third-order valence-corrected chi connectivity index (χ3v) is 3.85. The molecule has 140 valence electrons. The summed E-state index contributed by atoms with van der Waals surface area (Å²) in [7, 11) is 2.68. The predicted molar refractivity (Wildman–Crippen MR) is 98.8 cm³/mol. The number of hydrogen-bond donors (Lipinski definition) is 1. The van der Waals surface area contributed by atoms with Crippen molar-refractivity contribution in [3.05, 3.63) is 59.7 Å². The molecule has 0 aliphatic rings. The molecule has 28 heavy (non-hydrogen) atoms. The normalized spacial score (nSPS) is 10.0. The highest BCUT2D eigenvalue weighted by Gasteiger charge is 2.21. The van der Waals surface area contributed by atoms with Gasteiger partial charge >= 0.3 is 12.0 Å². The first-order chi connectivity index (χ1) is 13.6. The van der Waals surface area contributed by atoms with Crippen molar-refractivity contribution in [1.82, 2.24) is 9.97 Å². The summed E-state index contributed by atoms with van der Waals surface area (Å²) < 4.78 is 15.8. The minimum absolute atomic E-state index is 0.00819. The van der Waals surface area contributed by atoms with E-state index < -0.39 is 5.97 Å². The zero-order chi connectivity index (χ0) is 20.1. The van der Waals surface area contributed by atoms with Gasteiger partial charge in [-0.15, -0.1) is 0 Å². The van der Waals surface area contributed by atoms with Gasteiger partial charge in [-0.2, -0.15) is 15.2 Å². The summed E-state index contributed by atoms with van der Waals surface area (Å²) in [6, 6.07) is 15.6. The average Bonchev–Trinajstić information content (AvgIpc) is 2.73. The van der Waals surface area contributed by atoms with Crippen LogP contribution < -0.4 is 14.2 Å². The molecular formula is C20H15N3O5. The number of aromatic nitrogens is 2. The smallest absolute Gasteiger partial charge is 0.340 e. The number of ether oxygens (including phenoxy) is 3. The number of carboxylic acids is 1. The van der Waals surface area contributed by atoms with E-state index in [2.05, 4.69) is 9.97 Å². The van der Waals surface area contributed by atoms with Gasteiger partial charge in [-0.1, -0.05) is 42.5 Å². The Balaban J connectivity index is 2.11. The first-order valence-electron chi connectivity index (χ1n) is 8.08. The van der Waals surface area contributed by atoms with Crippen molar-refractivity contribution in [2.75, 3.05) is 14.2 Å². The number of carbonyl (C=O) groups is 1. The van der Waals surface area contributed by atoms with Gasteiger partial charge in [0.1, 0.15) is 17.4 Å². The lowest BCUT2D eigenvalue weighted by Crippen LogP contribution is -2.06. The Hall–Kier alpha value is -4.12. The van der Waals surface area contributed by atoms with Crippen molar-refractivity contribution < 1.29 is 24.1 Å². The molecule has 0 unspecified atom stereocenters. The Labute approximate surface area is 160 Å². The zero-order valence-corrected chi connectivity index (χ0v) is 15.0. The predicted octanol–water partition coefficient (Wildman–Crippen LogP) is 3.52. The van der Waals surface area contributed by atoms with Gasteiger partial charge in [-0.3, -0.25) is 0 Å². The van der Waals surface area contributed by atoms with Gasteiger partial charge in [0, 0.05) is 0 Å². The Bertz CT molecular complexity index is 1040. The van der Waals surface area contributed by atoms with Gasteiger partial charge in [0.25, 0.3) is 0 Å². The summed E-state index contributed by atoms with van der Waals surface area (Å²) in [5, 5.41) is 19.0. The van der Waals surface area contributed by atoms with Gasteiger partial charge < -0.3 is 19.3 Å². The lowest BCUT2D eigenvalue weighted by molar-refractivity contribution is 0.0695. The summed E-state index contributed by atoms with van der Waals surface area (Å²) in [6.45, 7) is 0. The summed E-state index contributed by atoms with van der Waals surface area (Å²) in [6.07, 6.45) is 0. The summed E-state index contributed by atoms with van der Waals surface area (Å²) in [5.41, 5.74) is 1.17. The van der Waals surface area contributed by atoms with Crippen molar-refractivity contribution >= 4 is 5.97 Å². The van der Waals surface area contributed by atoms with Crippen LogP contribution in [0.3, 0.4) is 0 Å². The maximum atomic E-state index is 11.9.